The average Bonchev–Trinajstić information content (AvgIpc) is 2.80. The molecule has 0 radical (unpaired) electrons. The standard InChI is InChI=1S/C26H29N3O2/c1-19(26(31)27-24-12-10-21(11-13-24)20(2)30)29-16-14-28(15-17-29)18-23-8-5-7-22-6-3-4-9-25(22)23/h3-13,19H,14-18H2,1-2H3,(H,27,31)/p+2/t19-/m0/s1. The maximum atomic E-state index is 12.7. The molecule has 5 nitrogen and oxygen atoms in total. The molecule has 1 amide bonds. The summed E-state index contributed by atoms with van der Waals surface area (Å²) in [6, 6.07) is 22.1. The van der Waals surface area contributed by atoms with Crippen LogP contribution in [0.3, 0.4) is 0 Å². The minimum Gasteiger partial charge on any atom is -0.322 e. The molecule has 3 aromatic carbocycles. The number of piperazine rings is 1. The van der Waals surface area contributed by atoms with E-state index in [0.717, 1.165) is 38.4 Å². The predicted octanol–water partition coefficient (Wildman–Crippen LogP) is 1.35. The number of rotatable bonds is 6. The van der Waals surface area contributed by atoms with Gasteiger partial charge in [-0.3, -0.25) is 9.59 Å². The lowest BCUT2D eigenvalue weighted by molar-refractivity contribution is -1.02. The highest BCUT2D eigenvalue weighted by Gasteiger charge is 2.31. The molecule has 0 spiro atoms. The maximum Gasteiger partial charge on any atom is 0.282 e. The van der Waals surface area contributed by atoms with Crippen LogP contribution in [-0.4, -0.2) is 43.9 Å². The van der Waals surface area contributed by atoms with E-state index in [0.29, 0.717) is 5.56 Å². The number of quaternary nitrogens is 2. The number of amides is 1. The minimum absolute atomic E-state index is 0.0274. The smallest absolute Gasteiger partial charge is 0.282 e. The Bertz CT molecular complexity index is 1060. The van der Waals surface area contributed by atoms with Crippen molar-refractivity contribution >= 4 is 28.2 Å². The van der Waals surface area contributed by atoms with Gasteiger partial charge in [0.15, 0.2) is 11.8 Å². The fourth-order valence-electron chi connectivity index (χ4n) is 4.47. The molecule has 1 aliphatic heterocycles. The van der Waals surface area contributed by atoms with Crippen molar-refractivity contribution in [3.8, 4) is 0 Å². The van der Waals surface area contributed by atoms with Gasteiger partial charge in [0.1, 0.15) is 32.7 Å². The first-order valence-corrected chi connectivity index (χ1v) is 11.1. The third kappa shape index (κ3) is 5.01. The lowest BCUT2D eigenvalue weighted by Gasteiger charge is -2.32. The normalized spacial score (nSPS) is 19.7. The Hall–Kier alpha value is -3.02. The van der Waals surface area contributed by atoms with Crippen LogP contribution < -0.4 is 15.1 Å². The summed E-state index contributed by atoms with van der Waals surface area (Å²) < 4.78 is 0. The quantitative estimate of drug-likeness (QED) is 0.531. The number of hydrogen-bond donors (Lipinski definition) is 3. The fraction of sp³-hybridized carbons (Fsp3) is 0.308. The third-order valence-electron chi connectivity index (χ3n) is 6.48. The molecule has 0 saturated carbocycles. The van der Waals surface area contributed by atoms with Gasteiger partial charge in [0, 0.05) is 16.8 Å². The second-order valence-electron chi connectivity index (χ2n) is 8.57. The Kier molecular flexibility index (Phi) is 6.44. The molecular formula is C26H31N3O2+2. The van der Waals surface area contributed by atoms with Crippen LogP contribution in [-0.2, 0) is 11.3 Å². The first-order chi connectivity index (χ1) is 15.0. The maximum absolute atomic E-state index is 12.7. The summed E-state index contributed by atoms with van der Waals surface area (Å²) in [4.78, 5) is 27.1. The molecule has 5 heteroatoms. The van der Waals surface area contributed by atoms with E-state index in [1.54, 1.807) is 36.1 Å². The Labute approximate surface area is 183 Å². The number of nitrogens with one attached hydrogen (secondary N) is 3. The van der Waals surface area contributed by atoms with E-state index in [-0.39, 0.29) is 17.7 Å². The average molecular weight is 418 g/mol. The van der Waals surface area contributed by atoms with Crippen molar-refractivity contribution in [3.63, 3.8) is 0 Å². The zero-order valence-electron chi connectivity index (χ0n) is 18.3. The molecule has 1 atom stereocenters. The van der Waals surface area contributed by atoms with Crippen LogP contribution >= 0.6 is 0 Å². The molecule has 0 aliphatic carbocycles. The van der Waals surface area contributed by atoms with Gasteiger partial charge in [-0.2, -0.15) is 0 Å². The van der Waals surface area contributed by atoms with E-state index in [1.807, 2.05) is 6.92 Å². The van der Waals surface area contributed by atoms with Crippen molar-refractivity contribution in [2.75, 3.05) is 31.5 Å². The third-order valence-corrected chi connectivity index (χ3v) is 6.48. The molecule has 31 heavy (non-hydrogen) atoms. The molecular weight excluding hydrogens is 386 g/mol. The second-order valence-corrected chi connectivity index (χ2v) is 8.57. The molecule has 0 bridgehead atoms. The number of Topliss-reactive ketones (excluding diaryl/α,β-unsaturated/α-hetero) is 1. The van der Waals surface area contributed by atoms with E-state index < -0.39 is 0 Å². The van der Waals surface area contributed by atoms with Gasteiger partial charge in [0.05, 0.1) is 0 Å². The van der Waals surface area contributed by atoms with E-state index >= 15 is 0 Å². The Morgan fingerprint density at radius 1 is 0.903 bits per heavy atom. The number of anilines is 1. The highest BCUT2D eigenvalue weighted by atomic mass is 16.2. The van der Waals surface area contributed by atoms with E-state index in [1.165, 1.54) is 21.2 Å². The lowest BCUT2D eigenvalue weighted by atomic mass is 10.0. The van der Waals surface area contributed by atoms with Crippen LogP contribution in [0.15, 0.2) is 66.7 Å². The molecule has 1 aliphatic rings. The highest BCUT2D eigenvalue weighted by Crippen LogP contribution is 2.17. The van der Waals surface area contributed by atoms with Crippen molar-refractivity contribution in [2.24, 2.45) is 0 Å². The van der Waals surface area contributed by atoms with Gasteiger partial charge in [0.2, 0.25) is 0 Å². The van der Waals surface area contributed by atoms with Crippen molar-refractivity contribution in [2.45, 2.75) is 26.4 Å². The summed E-state index contributed by atoms with van der Waals surface area (Å²) in [7, 11) is 0. The first kappa shape index (κ1) is 21.2. The molecule has 0 unspecified atom stereocenters. The molecule has 1 saturated heterocycles. The Morgan fingerprint density at radius 3 is 2.29 bits per heavy atom. The molecule has 0 aromatic heterocycles. The Morgan fingerprint density at radius 2 is 1.58 bits per heavy atom. The van der Waals surface area contributed by atoms with Gasteiger partial charge in [-0.15, -0.1) is 0 Å². The molecule has 1 heterocycles. The van der Waals surface area contributed by atoms with Crippen molar-refractivity contribution in [3.05, 3.63) is 77.9 Å². The van der Waals surface area contributed by atoms with Gasteiger partial charge in [-0.25, -0.2) is 0 Å². The first-order valence-electron chi connectivity index (χ1n) is 11.1. The van der Waals surface area contributed by atoms with Gasteiger partial charge < -0.3 is 15.1 Å². The predicted molar refractivity (Wildman–Crippen MR) is 124 cm³/mol. The molecule has 3 aromatic rings. The summed E-state index contributed by atoms with van der Waals surface area (Å²) >= 11 is 0. The van der Waals surface area contributed by atoms with Crippen LogP contribution in [0, 0.1) is 0 Å². The number of carbonyl (C=O) groups excluding carboxylic acids is 2. The number of carbonyl (C=O) groups is 2. The fourth-order valence-corrected chi connectivity index (χ4v) is 4.47. The van der Waals surface area contributed by atoms with E-state index in [9.17, 15) is 9.59 Å². The largest absolute Gasteiger partial charge is 0.322 e. The minimum atomic E-state index is -0.105. The molecule has 3 N–H and O–H groups in total. The van der Waals surface area contributed by atoms with Crippen LogP contribution in [0.2, 0.25) is 0 Å². The second kappa shape index (κ2) is 9.41. The molecule has 160 valence electrons. The number of fused-ring (bicyclic) bond motifs is 1. The van der Waals surface area contributed by atoms with Gasteiger partial charge in [-0.05, 0) is 48.9 Å². The van der Waals surface area contributed by atoms with Gasteiger partial charge in [0.25, 0.3) is 5.91 Å². The summed E-state index contributed by atoms with van der Waals surface area (Å²) in [5.41, 5.74) is 2.79. The van der Waals surface area contributed by atoms with Crippen molar-refractivity contribution in [1.29, 1.82) is 0 Å². The van der Waals surface area contributed by atoms with E-state index in [4.69, 9.17) is 0 Å². The van der Waals surface area contributed by atoms with Crippen LogP contribution in [0.4, 0.5) is 5.69 Å². The van der Waals surface area contributed by atoms with Crippen molar-refractivity contribution in [1.82, 2.24) is 0 Å². The summed E-state index contributed by atoms with van der Waals surface area (Å²) in [5, 5.41) is 5.64. The zero-order chi connectivity index (χ0) is 21.8. The van der Waals surface area contributed by atoms with E-state index in [2.05, 4.69) is 47.8 Å². The molecule has 1 fully saturated rings. The Balaban J connectivity index is 1.31. The highest BCUT2D eigenvalue weighted by molar-refractivity contribution is 5.96. The SMILES string of the molecule is CC(=O)c1ccc(NC(=O)[C@H](C)[NH+]2CC[NH+](Cc3cccc4ccccc34)CC2)cc1. The summed E-state index contributed by atoms with van der Waals surface area (Å²) in [5.74, 6) is 0.0580. The lowest BCUT2D eigenvalue weighted by Crippen LogP contribution is -3.29. The van der Waals surface area contributed by atoms with Crippen molar-refractivity contribution < 1.29 is 19.4 Å². The number of hydrogen-bond acceptors (Lipinski definition) is 2. The topological polar surface area (TPSA) is 55.0 Å². The van der Waals surface area contributed by atoms with Crippen LogP contribution in [0.5, 0.6) is 0 Å². The number of benzene rings is 3. The van der Waals surface area contributed by atoms with Crippen LogP contribution in [0.1, 0.15) is 29.8 Å². The summed E-state index contributed by atoms with van der Waals surface area (Å²) in [6.45, 7) is 8.66. The summed E-state index contributed by atoms with van der Waals surface area (Å²) in [6.07, 6.45) is 0. The van der Waals surface area contributed by atoms with Gasteiger partial charge in [-0.1, -0.05) is 42.5 Å². The van der Waals surface area contributed by atoms with Gasteiger partial charge >= 0.3 is 0 Å². The zero-order valence-corrected chi connectivity index (χ0v) is 18.3. The molecule has 4 rings (SSSR count). The monoisotopic (exact) mass is 417 g/mol. The number of ketones is 1. The van der Waals surface area contributed by atoms with Crippen LogP contribution in [0.25, 0.3) is 10.8 Å².